The first-order chi connectivity index (χ1) is 19.4. The van der Waals surface area contributed by atoms with Crippen molar-refractivity contribution in [2.24, 2.45) is 5.92 Å². The van der Waals surface area contributed by atoms with Gasteiger partial charge in [-0.2, -0.15) is 0 Å². The van der Waals surface area contributed by atoms with Crippen LogP contribution in [0.1, 0.15) is 91.0 Å². The number of anilines is 1. The third kappa shape index (κ3) is 4.48. The van der Waals surface area contributed by atoms with Crippen molar-refractivity contribution in [2.75, 3.05) is 12.0 Å². The van der Waals surface area contributed by atoms with E-state index in [1.165, 1.54) is 25.3 Å². The van der Waals surface area contributed by atoms with Crippen molar-refractivity contribution in [1.29, 1.82) is 0 Å². The van der Waals surface area contributed by atoms with Crippen LogP contribution in [0.2, 0.25) is 0 Å². The van der Waals surface area contributed by atoms with E-state index in [1.807, 2.05) is 6.07 Å². The average Bonchev–Trinajstić information content (AvgIpc) is 3.88. The normalized spacial score (nSPS) is 25.9. The van der Waals surface area contributed by atoms with Crippen LogP contribution in [0.3, 0.4) is 0 Å². The summed E-state index contributed by atoms with van der Waals surface area (Å²) in [7, 11) is 1.39. The lowest BCUT2D eigenvalue weighted by atomic mass is 9.95. The first-order valence-electron chi connectivity index (χ1n) is 14.3. The molecule has 0 N–H and O–H groups in total. The second-order valence-electron chi connectivity index (χ2n) is 11.9. The Kier molecular flexibility index (Phi) is 6.37. The summed E-state index contributed by atoms with van der Waals surface area (Å²) in [5, 5.41) is 4.11. The number of hydrogen-bond acceptors (Lipinski definition) is 7. The molecule has 2 bridgehead atoms. The van der Waals surface area contributed by atoms with E-state index in [0.717, 1.165) is 56.3 Å². The monoisotopic (exact) mass is 549 g/mol. The summed E-state index contributed by atoms with van der Waals surface area (Å²) in [6.45, 7) is 2.49. The summed E-state index contributed by atoms with van der Waals surface area (Å²) in [5.41, 5.74) is 2.34. The zero-order valence-corrected chi connectivity index (χ0v) is 22.7. The number of esters is 1. The Morgan fingerprint density at radius 3 is 2.52 bits per heavy atom. The van der Waals surface area contributed by atoms with E-state index >= 15 is 0 Å². The fourth-order valence-electron chi connectivity index (χ4n) is 6.80. The van der Waals surface area contributed by atoms with E-state index in [1.54, 1.807) is 6.20 Å². The molecule has 9 heteroatoms. The van der Waals surface area contributed by atoms with Gasteiger partial charge in [-0.15, -0.1) is 0 Å². The minimum absolute atomic E-state index is 0.00446. The standard InChI is InChI=1S/C31H33F2N3O4/c1-16-10-20-12-21(13-26(16)36(20)30-22(17-6-7-17)11-19(14-34-30)31(37)38-2)39-15-23-28(35-40-29(23)18-8-9-18)27-24(32)4-3-5-25(27)33/h3-5,11,14,16-18,20-21,26H,6-10,12-13,15H2,1-2H3/t16-,20?,21?,26?/m1/s1. The molecule has 0 amide bonds. The summed E-state index contributed by atoms with van der Waals surface area (Å²) in [5.74, 6) is 1.13. The summed E-state index contributed by atoms with van der Waals surface area (Å²) < 4.78 is 46.4. The Morgan fingerprint density at radius 1 is 1.10 bits per heavy atom. The molecule has 0 spiro atoms. The molecule has 2 saturated carbocycles. The van der Waals surface area contributed by atoms with Gasteiger partial charge in [-0.25, -0.2) is 18.6 Å². The van der Waals surface area contributed by atoms with Crippen LogP contribution < -0.4 is 4.90 Å². The van der Waals surface area contributed by atoms with Crippen molar-refractivity contribution in [3.63, 3.8) is 0 Å². The highest BCUT2D eigenvalue weighted by Crippen LogP contribution is 2.50. The average molecular weight is 550 g/mol. The van der Waals surface area contributed by atoms with Crippen LogP contribution in [0.5, 0.6) is 0 Å². The van der Waals surface area contributed by atoms with Gasteiger partial charge in [-0.05, 0) is 80.5 Å². The van der Waals surface area contributed by atoms with Crippen molar-refractivity contribution in [2.45, 2.75) is 88.5 Å². The first-order valence-corrected chi connectivity index (χ1v) is 14.3. The van der Waals surface area contributed by atoms with Gasteiger partial charge in [0.15, 0.2) is 0 Å². The molecule has 3 unspecified atom stereocenters. The van der Waals surface area contributed by atoms with Gasteiger partial charge in [-0.3, -0.25) is 0 Å². The van der Waals surface area contributed by atoms with Crippen LogP contribution in [-0.4, -0.2) is 41.4 Å². The molecule has 2 aromatic heterocycles. The van der Waals surface area contributed by atoms with Crippen LogP contribution in [0.4, 0.5) is 14.6 Å². The maximum Gasteiger partial charge on any atom is 0.339 e. The largest absolute Gasteiger partial charge is 0.465 e. The second-order valence-corrected chi connectivity index (χ2v) is 11.9. The lowest BCUT2D eigenvalue weighted by Crippen LogP contribution is -2.47. The fourth-order valence-corrected chi connectivity index (χ4v) is 6.80. The first kappa shape index (κ1) is 25.6. The van der Waals surface area contributed by atoms with Crippen LogP contribution in [0.25, 0.3) is 11.3 Å². The predicted octanol–water partition coefficient (Wildman–Crippen LogP) is 6.52. The minimum atomic E-state index is -0.658. The van der Waals surface area contributed by atoms with Crippen LogP contribution in [0.15, 0.2) is 35.0 Å². The number of aromatic nitrogens is 2. The number of carbonyl (C=O) groups is 1. The summed E-state index contributed by atoms with van der Waals surface area (Å²) >= 11 is 0. The van der Waals surface area contributed by atoms with Gasteiger partial charge in [-0.1, -0.05) is 18.1 Å². The van der Waals surface area contributed by atoms with E-state index in [4.69, 9.17) is 19.0 Å². The van der Waals surface area contributed by atoms with Gasteiger partial charge >= 0.3 is 5.97 Å². The second kappa shape index (κ2) is 9.94. The molecule has 1 aromatic carbocycles. The van der Waals surface area contributed by atoms with Crippen LogP contribution >= 0.6 is 0 Å². The molecule has 3 aromatic rings. The van der Waals surface area contributed by atoms with Crippen LogP contribution in [-0.2, 0) is 16.1 Å². The van der Waals surface area contributed by atoms with Gasteiger partial charge in [0.05, 0.1) is 30.9 Å². The highest BCUT2D eigenvalue weighted by Gasteiger charge is 2.47. The van der Waals surface area contributed by atoms with Gasteiger partial charge in [0.1, 0.15) is 28.9 Å². The minimum Gasteiger partial charge on any atom is -0.465 e. The molecule has 4 fully saturated rings. The number of halogens is 2. The zero-order valence-electron chi connectivity index (χ0n) is 22.7. The maximum absolute atomic E-state index is 14.7. The van der Waals surface area contributed by atoms with Gasteiger partial charge < -0.3 is 18.9 Å². The van der Waals surface area contributed by atoms with Crippen molar-refractivity contribution in [3.05, 3.63) is 64.5 Å². The fraction of sp³-hybridized carbons (Fsp3) is 0.516. The molecule has 4 aliphatic rings. The van der Waals surface area contributed by atoms with E-state index in [-0.39, 0.29) is 47.9 Å². The predicted molar refractivity (Wildman–Crippen MR) is 143 cm³/mol. The number of fused-ring (bicyclic) bond motifs is 2. The van der Waals surface area contributed by atoms with Gasteiger partial charge in [0, 0.05) is 29.8 Å². The zero-order chi connectivity index (χ0) is 27.5. The van der Waals surface area contributed by atoms with E-state index in [9.17, 15) is 13.6 Å². The molecule has 2 aliphatic carbocycles. The number of hydrogen-bond donors (Lipinski definition) is 0. The van der Waals surface area contributed by atoms with Crippen molar-refractivity contribution < 1.29 is 27.6 Å². The number of benzene rings is 1. The SMILES string of the molecule is COC(=O)c1cnc(N2C3CC(OCc4c(-c5c(F)cccc5F)noc4C4CC4)CC2[C@H](C)C3)c(C2CC2)c1. The number of methoxy groups -OCH3 is 1. The number of piperidine rings is 1. The van der Waals surface area contributed by atoms with E-state index in [0.29, 0.717) is 28.7 Å². The molecule has 4 heterocycles. The van der Waals surface area contributed by atoms with E-state index in [2.05, 4.69) is 17.0 Å². The topological polar surface area (TPSA) is 77.7 Å². The summed E-state index contributed by atoms with van der Waals surface area (Å²) in [4.78, 5) is 19.5. The number of ether oxygens (including phenoxy) is 2. The maximum atomic E-state index is 14.7. The van der Waals surface area contributed by atoms with Gasteiger partial charge in [0.2, 0.25) is 0 Å². The molecule has 7 rings (SSSR count). The summed E-state index contributed by atoms with van der Waals surface area (Å²) in [6.07, 6.45) is 8.51. The molecular weight excluding hydrogens is 516 g/mol. The molecule has 40 heavy (non-hydrogen) atoms. The lowest BCUT2D eigenvalue weighted by molar-refractivity contribution is 0.0134. The Hall–Kier alpha value is -3.33. The highest BCUT2D eigenvalue weighted by molar-refractivity contribution is 5.89. The number of nitrogens with zero attached hydrogens (tertiary/aromatic N) is 3. The number of pyridine rings is 1. The molecule has 7 nitrogen and oxygen atoms in total. The van der Waals surface area contributed by atoms with Gasteiger partial charge in [0.25, 0.3) is 0 Å². The van der Waals surface area contributed by atoms with Crippen molar-refractivity contribution >= 4 is 11.8 Å². The smallest absolute Gasteiger partial charge is 0.339 e. The Morgan fingerprint density at radius 2 is 1.85 bits per heavy atom. The van der Waals surface area contributed by atoms with Crippen molar-refractivity contribution in [1.82, 2.24) is 10.1 Å². The third-order valence-corrected chi connectivity index (χ3v) is 9.10. The quantitative estimate of drug-likeness (QED) is 0.296. The molecule has 2 aliphatic heterocycles. The van der Waals surface area contributed by atoms with Crippen molar-refractivity contribution in [3.8, 4) is 11.3 Å². The number of rotatable bonds is 8. The third-order valence-electron chi connectivity index (χ3n) is 9.10. The lowest BCUT2D eigenvalue weighted by Gasteiger charge is -2.41. The molecule has 210 valence electrons. The molecular formula is C31H33F2N3O4. The Balaban J connectivity index is 1.13. The Bertz CT molecular complexity index is 1430. The highest BCUT2D eigenvalue weighted by atomic mass is 19.1. The number of carbonyl (C=O) groups excluding carboxylic acids is 1. The Labute approximate surface area is 231 Å². The summed E-state index contributed by atoms with van der Waals surface area (Å²) in [6, 6.07) is 6.32. The molecule has 0 radical (unpaired) electrons. The molecule has 4 atom stereocenters. The van der Waals surface area contributed by atoms with E-state index < -0.39 is 11.6 Å². The van der Waals surface area contributed by atoms with Crippen LogP contribution in [0, 0.1) is 17.6 Å². The molecule has 2 saturated heterocycles.